The normalized spacial score (nSPS) is 9.14. The van der Waals surface area contributed by atoms with Gasteiger partial charge < -0.3 is 30.3 Å². The molecular weight excluding hydrogens is 218 g/mol. The molecule has 0 radical (unpaired) electrons. The van der Waals surface area contributed by atoms with Crippen LogP contribution >= 0.6 is 12.2 Å². The van der Waals surface area contributed by atoms with Crippen LogP contribution in [0.5, 0.6) is 0 Å². The molecule has 6 heteroatoms. The summed E-state index contributed by atoms with van der Waals surface area (Å²) in [5.41, 5.74) is 5.44. The number of carbonyl (C=O) groups is 1. The number of hydrogen-bond acceptors (Lipinski definition) is 4. The summed E-state index contributed by atoms with van der Waals surface area (Å²) in [5, 5.41) is 0. The van der Waals surface area contributed by atoms with Gasteiger partial charge in [0.15, 0.2) is 0 Å². The zero-order valence-electron chi connectivity index (χ0n) is 7.19. The zero-order valence-corrected chi connectivity index (χ0v) is 8.82. The summed E-state index contributed by atoms with van der Waals surface area (Å²) in [6.07, 6.45) is 1.83. The van der Waals surface area contributed by atoms with Gasteiger partial charge in [-0.25, -0.2) is 0 Å². The molecule has 0 bridgehead atoms. The molecule has 1 heterocycles. The van der Waals surface area contributed by atoms with Gasteiger partial charge in [-0.3, -0.25) is 15.2 Å². The Morgan fingerprint density at radius 1 is 1.50 bits per heavy atom. The van der Waals surface area contributed by atoms with Crippen molar-refractivity contribution in [2.24, 2.45) is 0 Å². The number of nitrogens with one attached hydrogen (secondary N) is 2. The molecule has 0 aliphatic heterocycles. The number of hydrogen-bond donors (Lipinski definition) is 2. The Morgan fingerprint density at radius 2 is 2.29 bits per heavy atom. The van der Waals surface area contributed by atoms with E-state index in [1.165, 1.54) is 0 Å². The Morgan fingerprint density at radius 3 is 2.86 bits per heavy atom. The molecule has 1 aromatic rings. The molecule has 2 N–H and O–H groups in total. The molecule has 0 aliphatic carbocycles. The van der Waals surface area contributed by atoms with Crippen LogP contribution in [0.2, 0.25) is 0 Å². The van der Waals surface area contributed by atoms with E-state index in [2.05, 4.69) is 40.7 Å². The smallest absolute Gasteiger partial charge is 0.244 e. The second kappa shape index (κ2) is 5.46. The number of nitrogens with zero attached hydrogens (tertiary/aromatic N) is 1. The Balaban J connectivity index is 2.38. The van der Waals surface area contributed by atoms with Gasteiger partial charge in [-0.2, -0.15) is 0 Å². The van der Waals surface area contributed by atoms with Crippen molar-refractivity contribution in [3.63, 3.8) is 0 Å². The number of rotatable bonds is 2. The zero-order chi connectivity index (χ0) is 10.4. The third-order valence-corrected chi connectivity index (χ3v) is 1.58. The van der Waals surface area contributed by atoms with Crippen molar-refractivity contribution in [3.05, 3.63) is 30.1 Å². The largest absolute Gasteiger partial charge is 0.410 e. The predicted octanol–water partition coefficient (Wildman–Crippen LogP) is 0.0767. The van der Waals surface area contributed by atoms with E-state index in [1.807, 2.05) is 6.07 Å². The standard InChI is InChI=1S/C8H9N3OS2/c12-7(10-11-8(13)14)5-6-3-1-2-4-9-6/h1-4H,5H2,(H,10,12)(H2,11,13,14)/p-1. The molecule has 4 nitrogen and oxygen atoms in total. The Labute approximate surface area is 92.5 Å². The van der Waals surface area contributed by atoms with Crippen LogP contribution in [0.1, 0.15) is 5.69 Å². The molecule has 0 atom stereocenters. The van der Waals surface area contributed by atoms with Crippen LogP contribution in [-0.2, 0) is 23.8 Å². The third-order valence-electron chi connectivity index (χ3n) is 1.37. The molecule has 0 saturated heterocycles. The van der Waals surface area contributed by atoms with E-state index in [-0.39, 0.29) is 16.6 Å². The lowest BCUT2D eigenvalue weighted by molar-refractivity contribution is -0.121. The first-order valence-electron chi connectivity index (χ1n) is 3.84. The highest BCUT2D eigenvalue weighted by Gasteiger charge is 2.01. The second-order valence-electron chi connectivity index (χ2n) is 2.46. The SMILES string of the molecule is O=C(Cc1ccccn1)NNC(=S)[S-]. The van der Waals surface area contributed by atoms with Gasteiger partial charge >= 0.3 is 0 Å². The third kappa shape index (κ3) is 4.11. The summed E-state index contributed by atoms with van der Waals surface area (Å²) in [6, 6.07) is 5.38. The van der Waals surface area contributed by atoms with Crippen LogP contribution in [-0.4, -0.2) is 15.2 Å². The molecule has 0 fully saturated rings. The summed E-state index contributed by atoms with van der Waals surface area (Å²) >= 11 is 9.10. The maximum absolute atomic E-state index is 11.2. The molecule has 1 aromatic heterocycles. The Kier molecular flexibility index (Phi) is 4.21. The highest BCUT2D eigenvalue weighted by molar-refractivity contribution is 8.00. The summed E-state index contributed by atoms with van der Waals surface area (Å²) in [5.74, 6) is -0.226. The lowest BCUT2D eigenvalue weighted by Crippen LogP contribution is -2.40. The number of amides is 1. The number of carbonyl (C=O) groups excluding carboxylic acids is 1. The van der Waals surface area contributed by atoms with Crippen molar-refractivity contribution in [2.75, 3.05) is 0 Å². The monoisotopic (exact) mass is 226 g/mol. The fourth-order valence-electron chi connectivity index (χ4n) is 0.832. The molecule has 0 aromatic carbocycles. The fraction of sp³-hybridized carbons (Fsp3) is 0.125. The van der Waals surface area contributed by atoms with E-state index in [0.29, 0.717) is 5.69 Å². The summed E-state index contributed by atoms with van der Waals surface area (Å²) < 4.78 is 0.111. The second-order valence-corrected chi connectivity index (χ2v) is 3.53. The fourth-order valence-corrected chi connectivity index (χ4v) is 0.934. The summed E-state index contributed by atoms with van der Waals surface area (Å²) in [7, 11) is 0. The molecule has 0 aliphatic rings. The van der Waals surface area contributed by atoms with E-state index < -0.39 is 0 Å². The van der Waals surface area contributed by atoms with Gasteiger partial charge in [-0.15, -0.1) is 0 Å². The average molecular weight is 226 g/mol. The summed E-state index contributed by atoms with van der Waals surface area (Å²) in [4.78, 5) is 15.2. The van der Waals surface area contributed by atoms with Gasteiger partial charge in [0.05, 0.1) is 6.42 Å². The van der Waals surface area contributed by atoms with Crippen LogP contribution in [0, 0.1) is 0 Å². The number of pyridine rings is 1. The van der Waals surface area contributed by atoms with Crippen LogP contribution in [0.4, 0.5) is 0 Å². The van der Waals surface area contributed by atoms with E-state index in [0.717, 1.165) is 0 Å². The molecule has 1 amide bonds. The van der Waals surface area contributed by atoms with E-state index >= 15 is 0 Å². The first-order chi connectivity index (χ1) is 6.68. The molecular formula is C8H8N3OS2-. The number of aromatic nitrogens is 1. The van der Waals surface area contributed by atoms with Crippen LogP contribution in [0.3, 0.4) is 0 Å². The van der Waals surface area contributed by atoms with Gasteiger partial charge in [-0.1, -0.05) is 6.07 Å². The van der Waals surface area contributed by atoms with Crippen molar-refractivity contribution < 1.29 is 4.79 Å². The van der Waals surface area contributed by atoms with Gasteiger partial charge in [-0.05, 0) is 16.5 Å². The maximum atomic E-state index is 11.2. The lowest BCUT2D eigenvalue weighted by Gasteiger charge is -2.10. The van der Waals surface area contributed by atoms with E-state index in [4.69, 9.17) is 0 Å². The van der Waals surface area contributed by atoms with Crippen molar-refractivity contribution in [2.45, 2.75) is 6.42 Å². The van der Waals surface area contributed by atoms with Gasteiger partial charge in [0.2, 0.25) is 5.91 Å². The van der Waals surface area contributed by atoms with Crippen LogP contribution in [0.15, 0.2) is 24.4 Å². The van der Waals surface area contributed by atoms with Crippen molar-refractivity contribution in [1.82, 2.24) is 15.8 Å². The lowest BCUT2D eigenvalue weighted by atomic mass is 10.3. The number of thiocarbonyl (C=S) groups is 1. The maximum Gasteiger partial charge on any atom is 0.244 e. The van der Waals surface area contributed by atoms with Crippen molar-refractivity contribution in [1.29, 1.82) is 0 Å². The van der Waals surface area contributed by atoms with Crippen molar-refractivity contribution in [3.8, 4) is 0 Å². The first kappa shape index (κ1) is 10.8. The Hall–Kier alpha value is -1.27. The average Bonchev–Trinajstić information content (AvgIpc) is 2.16. The van der Waals surface area contributed by atoms with E-state index in [1.54, 1.807) is 18.3 Å². The molecule has 0 saturated carbocycles. The first-order valence-corrected chi connectivity index (χ1v) is 4.66. The topological polar surface area (TPSA) is 54.0 Å². The van der Waals surface area contributed by atoms with Gasteiger partial charge in [0.25, 0.3) is 0 Å². The van der Waals surface area contributed by atoms with Gasteiger partial charge in [0, 0.05) is 11.9 Å². The van der Waals surface area contributed by atoms with Crippen molar-refractivity contribution >= 4 is 35.1 Å². The molecule has 74 valence electrons. The van der Waals surface area contributed by atoms with Gasteiger partial charge in [0.1, 0.15) is 0 Å². The molecule has 1 rings (SSSR count). The van der Waals surface area contributed by atoms with E-state index in [9.17, 15) is 4.79 Å². The Bertz CT molecular complexity index is 329. The minimum absolute atomic E-state index is 0.111. The minimum atomic E-state index is -0.226. The molecule has 0 unspecified atom stereocenters. The summed E-state index contributed by atoms with van der Waals surface area (Å²) in [6.45, 7) is 0. The highest BCUT2D eigenvalue weighted by atomic mass is 32.1. The van der Waals surface area contributed by atoms with Crippen LogP contribution < -0.4 is 10.9 Å². The minimum Gasteiger partial charge on any atom is -0.410 e. The quantitative estimate of drug-likeness (QED) is 0.425. The molecule has 0 spiro atoms. The van der Waals surface area contributed by atoms with Crippen LogP contribution in [0.25, 0.3) is 0 Å². The molecule has 14 heavy (non-hydrogen) atoms. The number of hydrazine groups is 1. The highest BCUT2D eigenvalue weighted by Crippen LogP contribution is 1.93. The predicted molar refractivity (Wildman–Crippen MR) is 59.2 cm³/mol.